The number of carbonyl (C=O) groups is 1. The van der Waals surface area contributed by atoms with Crippen molar-refractivity contribution in [3.8, 4) is 5.75 Å². The molecule has 38 heavy (non-hydrogen) atoms. The summed E-state index contributed by atoms with van der Waals surface area (Å²) in [6.07, 6.45) is 1.88. The molecule has 1 aliphatic rings. The van der Waals surface area contributed by atoms with Gasteiger partial charge >= 0.3 is 0 Å². The molecule has 198 valence electrons. The molecule has 0 saturated carbocycles. The van der Waals surface area contributed by atoms with Crippen LogP contribution in [-0.4, -0.2) is 34.2 Å². The molecule has 1 fully saturated rings. The van der Waals surface area contributed by atoms with E-state index in [0.29, 0.717) is 36.0 Å². The topological polar surface area (TPSA) is 62.1 Å². The van der Waals surface area contributed by atoms with Crippen LogP contribution < -0.4 is 4.74 Å². The molecular formula is C30H30F2N2O4. The number of hydrogen-bond donors (Lipinski definition) is 0. The fourth-order valence-electron chi connectivity index (χ4n) is 4.80. The lowest BCUT2D eigenvalue weighted by atomic mass is 9.76. The summed E-state index contributed by atoms with van der Waals surface area (Å²) in [4.78, 5) is 18.5. The number of ether oxygens (including phenoxy) is 3. The molecule has 0 amide bonds. The minimum Gasteiger partial charge on any atom is -0.485 e. The van der Waals surface area contributed by atoms with Gasteiger partial charge in [-0.1, -0.05) is 35.9 Å². The molecule has 0 N–H and O–H groups in total. The highest BCUT2D eigenvalue weighted by molar-refractivity contribution is 5.97. The van der Waals surface area contributed by atoms with Crippen LogP contribution in [0.1, 0.15) is 53.1 Å². The van der Waals surface area contributed by atoms with Crippen LogP contribution in [0.2, 0.25) is 0 Å². The van der Waals surface area contributed by atoms with Crippen LogP contribution in [0, 0.1) is 25.5 Å². The molecule has 1 aliphatic heterocycles. The number of nitrogens with zero attached hydrogens (tertiary/aromatic N) is 2. The van der Waals surface area contributed by atoms with E-state index < -0.39 is 22.8 Å². The van der Waals surface area contributed by atoms with Crippen molar-refractivity contribution in [2.75, 3.05) is 13.2 Å². The molecule has 6 nitrogen and oxygen atoms in total. The van der Waals surface area contributed by atoms with Crippen molar-refractivity contribution in [1.29, 1.82) is 0 Å². The smallest absolute Gasteiger partial charge is 0.182 e. The number of halogens is 2. The van der Waals surface area contributed by atoms with Gasteiger partial charge in [0.1, 0.15) is 23.9 Å². The van der Waals surface area contributed by atoms with Crippen LogP contribution in [0.15, 0.2) is 60.8 Å². The molecule has 0 unspecified atom stereocenters. The van der Waals surface area contributed by atoms with E-state index in [2.05, 4.69) is 4.98 Å². The minimum atomic E-state index is -0.736. The second-order valence-electron chi connectivity index (χ2n) is 10.3. The Bertz CT molecular complexity index is 1460. The molecule has 0 radical (unpaired) electrons. The lowest BCUT2D eigenvalue weighted by molar-refractivity contribution is -0.269. The van der Waals surface area contributed by atoms with Gasteiger partial charge in [-0.3, -0.25) is 9.20 Å². The summed E-state index contributed by atoms with van der Waals surface area (Å²) in [7, 11) is 0. The maximum atomic E-state index is 14.1. The summed E-state index contributed by atoms with van der Waals surface area (Å²) in [6.45, 7) is 7.83. The average Bonchev–Trinajstić information content (AvgIpc) is 3.22. The van der Waals surface area contributed by atoms with Crippen molar-refractivity contribution in [2.24, 2.45) is 0 Å². The number of hydrogen-bond acceptors (Lipinski definition) is 5. The number of carbonyl (C=O) groups excluding carboxylic acids is 1. The van der Waals surface area contributed by atoms with Gasteiger partial charge in [-0.25, -0.2) is 13.8 Å². The van der Waals surface area contributed by atoms with Crippen molar-refractivity contribution in [1.82, 2.24) is 9.38 Å². The number of rotatable bonds is 7. The molecule has 0 bridgehead atoms. The van der Waals surface area contributed by atoms with Crippen molar-refractivity contribution in [2.45, 2.75) is 51.9 Å². The van der Waals surface area contributed by atoms with Crippen LogP contribution >= 0.6 is 0 Å². The van der Waals surface area contributed by atoms with Gasteiger partial charge in [-0.15, -0.1) is 0 Å². The first-order chi connectivity index (χ1) is 18.1. The second-order valence-corrected chi connectivity index (χ2v) is 10.3. The first kappa shape index (κ1) is 26.0. The molecule has 0 aliphatic carbocycles. The van der Waals surface area contributed by atoms with Gasteiger partial charge in [0, 0.05) is 18.0 Å². The van der Waals surface area contributed by atoms with E-state index in [0.717, 1.165) is 11.1 Å². The van der Waals surface area contributed by atoms with E-state index in [-0.39, 0.29) is 24.4 Å². The predicted octanol–water partition coefficient (Wildman–Crippen LogP) is 6.10. The average molecular weight is 521 g/mol. The van der Waals surface area contributed by atoms with E-state index >= 15 is 0 Å². The second kappa shape index (κ2) is 9.93. The number of aryl methyl sites for hydroxylation is 2. The third-order valence-corrected chi connectivity index (χ3v) is 7.04. The Balaban J connectivity index is 1.46. The molecule has 5 rings (SSSR count). The number of Topliss-reactive ketones (excluding diaryl/α,β-unsaturated/α-hetero) is 1. The summed E-state index contributed by atoms with van der Waals surface area (Å²) >= 11 is 0. The highest BCUT2D eigenvalue weighted by Crippen LogP contribution is 2.38. The SMILES string of the molecule is Cc1ccc(C2(CC(=O)c3c(C)nc4c(OCc5c(F)cccc5F)cccn34)COC(C)(C)OC2)cc1. The van der Waals surface area contributed by atoms with Crippen molar-refractivity contribution >= 4 is 11.4 Å². The minimum absolute atomic E-state index is 0.125. The Hall–Kier alpha value is -3.62. The van der Waals surface area contributed by atoms with Crippen LogP contribution in [0.25, 0.3) is 5.65 Å². The van der Waals surface area contributed by atoms with Crippen molar-refractivity contribution in [3.63, 3.8) is 0 Å². The first-order valence-corrected chi connectivity index (χ1v) is 12.5. The Morgan fingerprint density at radius 2 is 1.66 bits per heavy atom. The van der Waals surface area contributed by atoms with E-state index in [9.17, 15) is 13.6 Å². The molecule has 2 aromatic heterocycles. The zero-order chi connectivity index (χ0) is 27.1. The lowest BCUT2D eigenvalue weighted by Gasteiger charge is -2.43. The van der Waals surface area contributed by atoms with Gasteiger partial charge in [0.05, 0.1) is 24.5 Å². The summed E-state index contributed by atoms with van der Waals surface area (Å²) < 4.78 is 47.7. The number of imidazole rings is 1. The fraction of sp³-hybridized carbons (Fsp3) is 0.333. The number of pyridine rings is 1. The summed E-state index contributed by atoms with van der Waals surface area (Å²) in [5, 5.41) is 0. The number of ketones is 1. The Morgan fingerprint density at radius 1 is 1.00 bits per heavy atom. The summed E-state index contributed by atoms with van der Waals surface area (Å²) in [6, 6.07) is 15.1. The maximum Gasteiger partial charge on any atom is 0.182 e. The van der Waals surface area contributed by atoms with E-state index in [1.165, 1.54) is 18.2 Å². The Labute approximate surface area is 220 Å². The monoisotopic (exact) mass is 520 g/mol. The summed E-state index contributed by atoms with van der Waals surface area (Å²) in [5.74, 6) is -1.92. The standard InChI is InChI=1S/C30H30F2N2O4/c1-19-10-12-21(13-11-19)30(17-37-29(3,4)38-18-30)15-25(35)27-20(2)33-28-26(9-6-14-34(27)28)36-16-22-23(31)7-5-8-24(22)32/h5-14H,15-18H2,1-4H3. The molecular weight excluding hydrogens is 490 g/mol. The third kappa shape index (κ3) is 4.93. The van der Waals surface area contributed by atoms with Crippen LogP contribution in [0.4, 0.5) is 8.78 Å². The van der Waals surface area contributed by atoms with Gasteiger partial charge in [-0.05, 0) is 57.5 Å². The van der Waals surface area contributed by atoms with Crippen LogP contribution in [-0.2, 0) is 21.5 Å². The van der Waals surface area contributed by atoms with Gasteiger partial charge in [-0.2, -0.15) is 0 Å². The van der Waals surface area contributed by atoms with E-state index in [1.807, 2.05) is 45.0 Å². The predicted molar refractivity (Wildman–Crippen MR) is 138 cm³/mol. The van der Waals surface area contributed by atoms with Gasteiger partial charge in [0.15, 0.2) is 23.0 Å². The number of benzene rings is 2. The zero-order valence-electron chi connectivity index (χ0n) is 21.9. The molecule has 8 heteroatoms. The van der Waals surface area contributed by atoms with Gasteiger partial charge in [0.2, 0.25) is 0 Å². The molecule has 0 atom stereocenters. The van der Waals surface area contributed by atoms with Crippen molar-refractivity contribution < 1.29 is 27.8 Å². The van der Waals surface area contributed by atoms with E-state index in [1.54, 1.807) is 29.7 Å². The Morgan fingerprint density at radius 3 is 2.32 bits per heavy atom. The highest BCUT2D eigenvalue weighted by Gasteiger charge is 2.43. The van der Waals surface area contributed by atoms with Crippen LogP contribution in [0.5, 0.6) is 5.75 Å². The normalized spacial score (nSPS) is 16.5. The molecule has 1 saturated heterocycles. The first-order valence-electron chi connectivity index (χ1n) is 12.5. The van der Waals surface area contributed by atoms with Gasteiger partial charge < -0.3 is 14.2 Å². The fourth-order valence-corrected chi connectivity index (χ4v) is 4.80. The maximum absolute atomic E-state index is 14.1. The highest BCUT2D eigenvalue weighted by atomic mass is 19.1. The van der Waals surface area contributed by atoms with Crippen LogP contribution in [0.3, 0.4) is 0 Å². The molecule has 3 heterocycles. The van der Waals surface area contributed by atoms with Gasteiger partial charge in [0.25, 0.3) is 0 Å². The largest absolute Gasteiger partial charge is 0.485 e. The summed E-state index contributed by atoms with van der Waals surface area (Å²) in [5.41, 5.74) is 2.58. The van der Waals surface area contributed by atoms with Crippen molar-refractivity contribution in [3.05, 3.63) is 101 Å². The lowest BCUT2D eigenvalue weighted by Crippen LogP contribution is -2.50. The molecule has 4 aromatic rings. The van der Waals surface area contributed by atoms with E-state index in [4.69, 9.17) is 14.2 Å². The zero-order valence-corrected chi connectivity index (χ0v) is 21.9. The third-order valence-electron chi connectivity index (χ3n) is 7.04. The quantitative estimate of drug-likeness (QED) is 0.276. The number of fused-ring (bicyclic) bond motifs is 1. The molecule has 0 spiro atoms. The molecule has 2 aromatic carbocycles. The number of aromatic nitrogens is 2. The Kier molecular flexibility index (Phi) is 6.79.